The van der Waals surface area contributed by atoms with E-state index in [2.05, 4.69) is 20.3 Å². The molecule has 0 saturated carbocycles. The highest BCUT2D eigenvalue weighted by Crippen LogP contribution is 2.17. The smallest absolute Gasteiger partial charge is 0.253 e. The van der Waals surface area contributed by atoms with Crippen LogP contribution >= 0.6 is 0 Å². The van der Waals surface area contributed by atoms with Crippen molar-refractivity contribution >= 4 is 17.8 Å². The average Bonchev–Trinajstić information content (AvgIpc) is 2.66. The minimum Gasteiger partial charge on any atom is -0.389 e. The number of hydrogen-bond donors (Lipinski definition) is 3. The van der Waals surface area contributed by atoms with Crippen LogP contribution in [0.1, 0.15) is 33.7 Å². The summed E-state index contributed by atoms with van der Waals surface area (Å²) in [4.78, 5) is 38.7. The number of aromatic nitrogens is 3. The van der Waals surface area contributed by atoms with Gasteiger partial charge in [0, 0.05) is 42.4 Å². The molecule has 0 bridgehead atoms. The lowest BCUT2D eigenvalue weighted by molar-refractivity contribution is -0.134. The monoisotopic (exact) mass is 384 g/mol. The lowest BCUT2D eigenvalue weighted by atomic mass is 10.00. The Morgan fingerprint density at radius 1 is 1.32 bits per heavy atom. The zero-order valence-electron chi connectivity index (χ0n) is 15.9. The van der Waals surface area contributed by atoms with Gasteiger partial charge in [0.05, 0.1) is 24.1 Å². The van der Waals surface area contributed by atoms with E-state index >= 15 is 0 Å². The number of rotatable bonds is 4. The van der Waals surface area contributed by atoms with Crippen LogP contribution in [-0.2, 0) is 11.2 Å². The summed E-state index contributed by atoms with van der Waals surface area (Å²) in [5, 5.41) is 13.2. The first-order chi connectivity index (χ1) is 13.3. The molecule has 0 aromatic carbocycles. The van der Waals surface area contributed by atoms with Gasteiger partial charge in [0.25, 0.3) is 5.91 Å². The van der Waals surface area contributed by atoms with Crippen molar-refractivity contribution in [1.29, 1.82) is 0 Å². The molecule has 4 N–H and O–H groups in total. The summed E-state index contributed by atoms with van der Waals surface area (Å²) < 4.78 is 0. The Hall–Kier alpha value is -3.07. The number of amides is 2. The molecule has 148 valence electrons. The van der Waals surface area contributed by atoms with Crippen LogP contribution in [0, 0.1) is 13.8 Å². The SMILES string of the molecule is Cc1nc(N)nc(C)c1CC(=O)N1CC[C@@H](NC(=O)c2cccnc2)[C@H](O)C1. The van der Waals surface area contributed by atoms with Gasteiger partial charge in [-0.15, -0.1) is 0 Å². The van der Waals surface area contributed by atoms with Crippen LogP contribution in [0.4, 0.5) is 5.95 Å². The van der Waals surface area contributed by atoms with Crippen molar-refractivity contribution in [1.82, 2.24) is 25.2 Å². The van der Waals surface area contributed by atoms with Gasteiger partial charge in [0.2, 0.25) is 11.9 Å². The Bertz CT molecular complexity index is 850. The van der Waals surface area contributed by atoms with Gasteiger partial charge in [0.1, 0.15) is 0 Å². The minimum atomic E-state index is -0.844. The second-order valence-electron chi connectivity index (χ2n) is 6.93. The van der Waals surface area contributed by atoms with Gasteiger partial charge in [0.15, 0.2) is 0 Å². The predicted molar refractivity (Wildman–Crippen MR) is 102 cm³/mol. The van der Waals surface area contributed by atoms with Crippen LogP contribution in [0.3, 0.4) is 0 Å². The molecule has 2 atom stereocenters. The first-order valence-corrected chi connectivity index (χ1v) is 9.11. The predicted octanol–water partition coefficient (Wildman–Crippen LogP) is 0.00494. The maximum atomic E-state index is 12.7. The van der Waals surface area contributed by atoms with Gasteiger partial charge < -0.3 is 21.1 Å². The third-order valence-corrected chi connectivity index (χ3v) is 4.94. The number of carbonyl (C=O) groups excluding carboxylic acids is 2. The molecule has 1 aliphatic heterocycles. The van der Waals surface area contributed by atoms with Gasteiger partial charge in [-0.3, -0.25) is 14.6 Å². The number of aliphatic hydroxyl groups is 1. The highest BCUT2D eigenvalue weighted by molar-refractivity contribution is 5.94. The fourth-order valence-electron chi connectivity index (χ4n) is 3.36. The standard InChI is InChI=1S/C19H24N6O3/c1-11-14(12(2)23-19(20)22-11)8-17(27)25-7-5-15(16(26)10-25)24-18(28)13-4-3-6-21-9-13/h3-4,6,9,15-16,26H,5,7-8,10H2,1-2H3,(H,24,28)(H2,20,22,23)/t15-,16-/m1/s1. The molecule has 1 aliphatic rings. The molecule has 2 aromatic heterocycles. The number of nitrogens with zero attached hydrogens (tertiary/aromatic N) is 4. The Morgan fingerprint density at radius 2 is 2.04 bits per heavy atom. The molecule has 2 aromatic rings. The zero-order chi connectivity index (χ0) is 20.3. The van der Waals surface area contributed by atoms with Crippen LogP contribution < -0.4 is 11.1 Å². The van der Waals surface area contributed by atoms with E-state index in [1.165, 1.54) is 6.20 Å². The van der Waals surface area contributed by atoms with E-state index in [9.17, 15) is 14.7 Å². The largest absolute Gasteiger partial charge is 0.389 e. The summed E-state index contributed by atoms with van der Waals surface area (Å²) in [7, 11) is 0. The second kappa shape index (κ2) is 8.30. The molecule has 0 spiro atoms. The van der Waals surface area contributed by atoms with Crippen molar-refractivity contribution in [2.45, 2.75) is 38.8 Å². The Balaban J connectivity index is 1.59. The number of nitrogen functional groups attached to an aromatic ring is 1. The number of aryl methyl sites for hydroxylation is 2. The van der Waals surface area contributed by atoms with Gasteiger partial charge in [-0.2, -0.15) is 0 Å². The molecule has 9 nitrogen and oxygen atoms in total. The number of anilines is 1. The molecule has 9 heteroatoms. The van der Waals surface area contributed by atoms with E-state index in [1.54, 1.807) is 37.1 Å². The topological polar surface area (TPSA) is 134 Å². The lowest BCUT2D eigenvalue weighted by Crippen LogP contribution is -2.55. The average molecular weight is 384 g/mol. The van der Waals surface area contributed by atoms with Crippen LogP contribution in [-0.4, -0.2) is 62.0 Å². The summed E-state index contributed by atoms with van der Waals surface area (Å²) >= 11 is 0. The first kappa shape index (κ1) is 19.7. The Labute approximate surface area is 163 Å². The highest BCUT2D eigenvalue weighted by atomic mass is 16.3. The molecule has 0 unspecified atom stereocenters. The number of β-amino-alcohol motifs (C(OH)–C–C–N with tert-alkyl or cyclic N) is 1. The third kappa shape index (κ3) is 4.42. The van der Waals surface area contributed by atoms with E-state index in [1.807, 2.05) is 0 Å². The highest BCUT2D eigenvalue weighted by Gasteiger charge is 2.31. The molecule has 0 radical (unpaired) electrons. The van der Waals surface area contributed by atoms with Crippen molar-refractivity contribution in [3.8, 4) is 0 Å². The van der Waals surface area contributed by atoms with Crippen molar-refractivity contribution in [2.75, 3.05) is 18.8 Å². The quantitative estimate of drug-likeness (QED) is 0.675. The minimum absolute atomic E-state index is 0.115. The number of aliphatic hydroxyl groups excluding tert-OH is 1. The molecule has 1 fully saturated rings. The maximum absolute atomic E-state index is 12.7. The fraction of sp³-hybridized carbons (Fsp3) is 0.421. The van der Waals surface area contributed by atoms with Gasteiger partial charge in [-0.25, -0.2) is 9.97 Å². The number of pyridine rings is 1. The summed E-state index contributed by atoms with van der Waals surface area (Å²) in [5.41, 5.74) is 8.17. The first-order valence-electron chi connectivity index (χ1n) is 9.11. The van der Waals surface area contributed by atoms with E-state index in [0.29, 0.717) is 29.9 Å². The number of hydrogen-bond acceptors (Lipinski definition) is 7. The van der Waals surface area contributed by atoms with Crippen molar-refractivity contribution in [3.05, 3.63) is 47.0 Å². The summed E-state index contributed by atoms with van der Waals surface area (Å²) in [5.74, 6) is -0.218. The second-order valence-corrected chi connectivity index (χ2v) is 6.93. The van der Waals surface area contributed by atoms with Crippen LogP contribution in [0.2, 0.25) is 0 Å². The van der Waals surface area contributed by atoms with Gasteiger partial charge in [-0.05, 0) is 32.4 Å². The third-order valence-electron chi connectivity index (χ3n) is 4.94. The number of nitrogens with two attached hydrogens (primary N) is 1. The van der Waals surface area contributed by atoms with Crippen LogP contribution in [0.5, 0.6) is 0 Å². The summed E-state index contributed by atoms with van der Waals surface area (Å²) in [6.45, 7) is 4.19. The van der Waals surface area contributed by atoms with Crippen molar-refractivity contribution < 1.29 is 14.7 Å². The number of carbonyl (C=O) groups is 2. The van der Waals surface area contributed by atoms with E-state index in [-0.39, 0.29) is 30.7 Å². The molecule has 3 rings (SSSR count). The van der Waals surface area contributed by atoms with Crippen molar-refractivity contribution in [2.24, 2.45) is 0 Å². The van der Waals surface area contributed by atoms with Gasteiger partial charge >= 0.3 is 0 Å². The Kier molecular flexibility index (Phi) is 5.84. The van der Waals surface area contributed by atoms with Crippen molar-refractivity contribution in [3.63, 3.8) is 0 Å². The van der Waals surface area contributed by atoms with E-state index in [4.69, 9.17) is 5.73 Å². The van der Waals surface area contributed by atoms with Gasteiger partial charge in [-0.1, -0.05) is 0 Å². The molecular weight excluding hydrogens is 360 g/mol. The molecule has 1 saturated heterocycles. The maximum Gasteiger partial charge on any atom is 0.253 e. The Morgan fingerprint density at radius 3 is 2.64 bits per heavy atom. The van der Waals surface area contributed by atoms with Crippen LogP contribution in [0.15, 0.2) is 24.5 Å². The molecule has 2 amide bonds. The normalized spacial score (nSPS) is 19.3. The fourth-order valence-corrected chi connectivity index (χ4v) is 3.36. The molecular formula is C19H24N6O3. The number of piperidine rings is 1. The molecule has 3 heterocycles. The summed E-state index contributed by atoms with van der Waals surface area (Å²) in [6, 6.07) is 2.92. The number of nitrogens with one attached hydrogen (secondary N) is 1. The van der Waals surface area contributed by atoms with E-state index in [0.717, 1.165) is 5.56 Å². The molecule has 0 aliphatic carbocycles. The van der Waals surface area contributed by atoms with Crippen LogP contribution in [0.25, 0.3) is 0 Å². The van der Waals surface area contributed by atoms with E-state index < -0.39 is 12.1 Å². The zero-order valence-corrected chi connectivity index (χ0v) is 15.9. The summed E-state index contributed by atoms with van der Waals surface area (Å²) in [6.07, 6.45) is 2.83. The lowest BCUT2D eigenvalue weighted by Gasteiger charge is -2.36. The molecule has 28 heavy (non-hydrogen) atoms. The number of likely N-dealkylation sites (tertiary alicyclic amines) is 1.